The van der Waals surface area contributed by atoms with Crippen molar-refractivity contribution in [1.29, 1.82) is 0 Å². The van der Waals surface area contributed by atoms with Crippen LogP contribution in [0.4, 0.5) is 16.2 Å². The maximum absolute atomic E-state index is 12.9. The molecular weight excluding hydrogens is 466 g/mol. The second kappa shape index (κ2) is 10.2. The number of likely N-dealkylation sites (tertiary alicyclic amines) is 1. The Morgan fingerprint density at radius 2 is 1.61 bits per heavy atom. The summed E-state index contributed by atoms with van der Waals surface area (Å²) in [6, 6.07) is 12.5. The minimum Gasteiger partial charge on any atom is -0.362 e. The molecule has 0 bridgehead atoms. The molecular formula is C22H26ClN5O4S. The Bertz CT molecular complexity index is 1150. The lowest BCUT2D eigenvalue weighted by Gasteiger charge is -2.24. The lowest BCUT2D eigenvalue weighted by atomic mass is 10.1. The molecule has 3 amide bonds. The molecule has 0 saturated carbocycles. The normalized spacial score (nSPS) is 16.4. The van der Waals surface area contributed by atoms with Crippen LogP contribution in [0.2, 0.25) is 5.02 Å². The quantitative estimate of drug-likeness (QED) is 0.492. The van der Waals surface area contributed by atoms with E-state index >= 15 is 0 Å². The Labute approximate surface area is 198 Å². The van der Waals surface area contributed by atoms with E-state index in [4.69, 9.17) is 11.6 Å². The van der Waals surface area contributed by atoms with Gasteiger partial charge in [-0.2, -0.15) is 0 Å². The van der Waals surface area contributed by atoms with Gasteiger partial charge in [0.2, 0.25) is 5.91 Å². The van der Waals surface area contributed by atoms with Crippen molar-refractivity contribution in [2.75, 3.05) is 37.5 Å². The van der Waals surface area contributed by atoms with Gasteiger partial charge in [-0.15, -0.1) is 4.40 Å². The topological polar surface area (TPSA) is 111 Å². The van der Waals surface area contributed by atoms with E-state index in [1.807, 2.05) is 0 Å². The molecule has 2 N–H and O–H groups in total. The van der Waals surface area contributed by atoms with Crippen molar-refractivity contribution in [2.24, 2.45) is 4.40 Å². The fraction of sp³-hybridized carbons (Fsp3) is 0.318. The fourth-order valence-electron chi connectivity index (χ4n) is 3.49. The number of hydrogen-bond donors (Lipinski definition) is 2. The summed E-state index contributed by atoms with van der Waals surface area (Å²) in [6.45, 7) is 0.477. The van der Waals surface area contributed by atoms with E-state index in [2.05, 4.69) is 15.0 Å². The first-order valence-corrected chi connectivity index (χ1v) is 12.5. The van der Waals surface area contributed by atoms with Crippen LogP contribution < -0.4 is 10.6 Å². The second-order valence-corrected chi connectivity index (χ2v) is 9.98. The highest BCUT2D eigenvalue weighted by atomic mass is 35.5. The summed E-state index contributed by atoms with van der Waals surface area (Å²) in [7, 11) is -0.173. The lowest BCUT2D eigenvalue weighted by molar-refractivity contribution is -0.119. The average molecular weight is 492 g/mol. The largest absolute Gasteiger partial charge is 0.362 e. The molecule has 1 unspecified atom stereocenters. The smallest absolute Gasteiger partial charge is 0.322 e. The van der Waals surface area contributed by atoms with Gasteiger partial charge in [-0.1, -0.05) is 11.6 Å². The van der Waals surface area contributed by atoms with Gasteiger partial charge in [0.1, 0.15) is 11.9 Å². The average Bonchev–Trinajstić information content (AvgIpc) is 3.24. The molecule has 0 spiro atoms. The van der Waals surface area contributed by atoms with Crippen molar-refractivity contribution in [3.8, 4) is 0 Å². The molecule has 1 aliphatic rings. The number of urea groups is 1. The van der Waals surface area contributed by atoms with Crippen molar-refractivity contribution in [1.82, 2.24) is 9.80 Å². The highest BCUT2D eigenvalue weighted by molar-refractivity contribution is 7.89. The molecule has 1 aliphatic heterocycles. The van der Waals surface area contributed by atoms with Crippen molar-refractivity contribution >= 4 is 50.8 Å². The second-order valence-electron chi connectivity index (χ2n) is 7.90. The van der Waals surface area contributed by atoms with Gasteiger partial charge in [0, 0.05) is 42.6 Å². The summed E-state index contributed by atoms with van der Waals surface area (Å²) in [5.41, 5.74) is 1.72. The lowest BCUT2D eigenvalue weighted by Crippen LogP contribution is -2.45. The highest BCUT2D eigenvalue weighted by Crippen LogP contribution is 2.22. The van der Waals surface area contributed by atoms with Gasteiger partial charge in [-0.3, -0.25) is 4.79 Å². The summed E-state index contributed by atoms with van der Waals surface area (Å²) < 4.78 is 26.9. The highest BCUT2D eigenvalue weighted by Gasteiger charge is 2.34. The van der Waals surface area contributed by atoms with Crippen LogP contribution in [0, 0.1) is 0 Å². The molecule has 176 valence electrons. The summed E-state index contributed by atoms with van der Waals surface area (Å²) in [4.78, 5) is 28.7. The van der Waals surface area contributed by atoms with E-state index in [1.165, 1.54) is 4.90 Å². The van der Waals surface area contributed by atoms with E-state index in [9.17, 15) is 18.0 Å². The molecule has 0 aliphatic carbocycles. The van der Waals surface area contributed by atoms with Gasteiger partial charge in [0.25, 0.3) is 10.0 Å². The van der Waals surface area contributed by atoms with E-state index in [1.54, 1.807) is 67.5 Å². The Kier molecular flexibility index (Phi) is 7.60. The van der Waals surface area contributed by atoms with Crippen LogP contribution in [-0.4, -0.2) is 68.9 Å². The van der Waals surface area contributed by atoms with Crippen LogP contribution in [0.3, 0.4) is 0 Å². The van der Waals surface area contributed by atoms with Gasteiger partial charge in [0.15, 0.2) is 0 Å². The number of nitrogens with one attached hydrogen (secondary N) is 2. The first-order valence-electron chi connectivity index (χ1n) is 10.3. The first kappa shape index (κ1) is 24.5. The molecule has 3 rings (SSSR count). The minimum atomic E-state index is -3.57. The molecule has 11 heteroatoms. The van der Waals surface area contributed by atoms with Crippen molar-refractivity contribution < 1.29 is 18.0 Å². The molecule has 2 aromatic rings. The molecule has 33 heavy (non-hydrogen) atoms. The zero-order chi connectivity index (χ0) is 24.2. The molecule has 1 fully saturated rings. The third-order valence-corrected chi connectivity index (χ3v) is 5.75. The van der Waals surface area contributed by atoms with Crippen LogP contribution in [-0.2, 0) is 14.8 Å². The number of anilines is 2. The number of carbonyl (C=O) groups is 2. The number of rotatable bonds is 5. The first-order chi connectivity index (χ1) is 15.5. The van der Waals surface area contributed by atoms with Crippen LogP contribution in [0.1, 0.15) is 18.4 Å². The van der Waals surface area contributed by atoms with Crippen LogP contribution >= 0.6 is 11.6 Å². The molecule has 0 radical (unpaired) electrons. The predicted molar refractivity (Wildman–Crippen MR) is 130 cm³/mol. The number of amides is 3. The zero-order valence-corrected chi connectivity index (χ0v) is 20.2. The van der Waals surface area contributed by atoms with Crippen molar-refractivity contribution in [3.63, 3.8) is 0 Å². The van der Waals surface area contributed by atoms with Gasteiger partial charge in [-0.25, -0.2) is 13.2 Å². The third kappa shape index (κ3) is 6.69. The summed E-state index contributed by atoms with van der Waals surface area (Å²) in [5, 5.41) is 6.19. The Hall–Kier alpha value is -3.11. The van der Waals surface area contributed by atoms with Gasteiger partial charge in [-0.05, 0) is 61.4 Å². The van der Waals surface area contributed by atoms with Crippen LogP contribution in [0.5, 0.6) is 0 Å². The molecule has 1 atom stereocenters. The summed E-state index contributed by atoms with van der Waals surface area (Å²) in [5.74, 6) is 0.000331. The Morgan fingerprint density at radius 3 is 2.18 bits per heavy atom. The maximum atomic E-state index is 12.9. The molecule has 9 nitrogen and oxygen atoms in total. The predicted octanol–water partition coefficient (Wildman–Crippen LogP) is 3.24. The Morgan fingerprint density at radius 1 is 1.03 bits per heavy atom. The van der Waals surface area contributed by atoms with Gasteiger partial charge in [0.05, 0.1) is 6.26 Å². The maximum Gasteiger partial charge on any atom is 0.322 e. The number of halogens is 1. The number of benzene rings is 2. The van der Waals surface area contributed by atoms with Gasteiger partial charge < -0.3 is 20.4 Å². The van der Waals surface area contributed by atoms with Crippen LogP contribution in [0.25, 0.3) is 0 Å². The van der Waals surface area contributed by atoms with E-state index in [0.717, 1.165) is 12.7 Å². The molecule has 1 saturated heterocycles. The molecule has 0 aromatic heterocycles. The number of hydrogen-bond acceptors (Lipinski definition) is 4. The number of amidine groups is 1. The SMILES string of the molecule is CN(C)/C(=N/S(C)(=O)=O)c1ccc(NC(=O)C2CCCN2C(=O)Nc2ccc(Cl)cc2)cc1. The summed E-state index contributed by atoms with van der Waals surface area (Å²) >= 11 is 5.88. The monoisotopic (exact) mass is 491 g/mol. The number of nitrogens with zero attached hydrogens (tertiary/aromatic N) is 3. The van der Waals surface area contributed by atoms with E-state index in [-0.39, 0.29) is 17.8 Å². The van der Waals surface area contributed by atoms with Crippen molar-refractivity contribution in [2.45, 2.75) is 18.9 Å². The van der Waals surface area contributed by atoms with Gasteiger partial charge >= 0.3 is 6.03 Å². The number of sulfonamides is 1. The van der Waals surface area contributed by atoms with E-state index in [0.29, 0.717) is 34.9 Å². The Balaban J connectivity index is 1.68. The summed E-state index contributed by atoms with van der Waals surface area (Å²) in [6.07, 6.45) is 2.31. The third-order valence-electron chi connectivity index (χ3n) is 5.00. The van der Waals surface area contributed by atoms with E-state index < -0.39 is 16.1 Å². The zero-order valence-electron chi connectivity index (χ0n) is 18.6. The molecule has 1 heterocycles. The van der Waals surface area contributed by atoms with Crippen LogP contribution in [0.15, 0.2) is 52.9 Å². The fourth-order valence-corrected chi connectivity index (χ4v) is 4.20. The standard InChI is InChI=1S/C22H26ClN5O4S/c1-27(2)20(26-33(3,31)32)15-6-10-17(11-7-15)24-21(29)19-5-4-14-28(19)22(30)25-18-12-8-16(23)9-13-18/h6-13,19H,4-5,14H2,1-3H3,(H,24,29)(H,25,30)/b26-20+. The molecule has 2 aromatic carbocycles. The van der Waals surface area contributed by atoms with Crippen molar-refractivity contribution in [3.05, 3.63) is 59.1 Å². The minimum absolute atomic E-state index is 0.288. The number of carbonyl (C=O) groups excluding carboxylic acids is 2.